The van der Waals surface area contributed by atoms with Crippen molar-refractivity contribution in [3.05, 3.63) is 53.7 Å². The van der Waals surface area contributed by atoms with Crippen LogP contribution in [-0.2, 0) is 13.1 Å². The number of ether oxygens (including phenoxy) is 1. The van der Waals surface area contributed by atoms with Gasteiger partial charge in [-0.15, -0.1) is 11.8 Å². The maximum Gasteiger partial charge on any atom is 0.137 e. The van der Waals surface area contributed by atoms with Crippen molar-refractivity contribution in [2.75, 3.05) is 19.4 Å². The topological polar surface area (TPSA) is 25.4 Å². The van der Waals surface area contributed by atoms with Gasteiger partial charge >= 0.3 is 0 Å². The third kappa shape index (κ3) is 3.14. The average Bonchev–Trinajstić information content (AvgIpc) is 2.69. The zero-order chi connectivity index (χ0) is 13.8. The van der Waals surface area contributed by atoms with Crippen molar-refractivity contribution in [1.82, 2.24) is 9.88 Å². The number of hydrogen-bond acceptors (Lipinski definition) is 4. The summed E-state index contributed by atoms with van der Waals surface area (Å²) in [4.78, 5) is 6.97. The Kier molecular flexibility index (Phi) is 4.23. The molecule has 0 fully saturated rings. The molecule has 0 N–H and O–H groups in total. The predicted octanol–water partition coefficient (Wildman–Crippen LogP) is 3.20. The van der Waals surface area contributed by atoms with E-state index in [-0.39, 0.29) is 0 Å². The van der Waals surface area contributed by atoms with E-state index < -0.39 is 0 Å². The van der Waals surface area contributed by atoms with E-state index in [9.17, 15) is 0 Å². The van der Waals surface area contributed by atoms with E-state index in [2.05, 4.69) is 46.3 Å². The first-order valence-electron chi connectivity index (χ1n) is 6.77. The van der Waals surface area contributed by atoms with E-state index in [4.69, 9.17) is 4.74 Å². The van der Waals surface area contributed by atoms with Gasteiger partial charge in [-0.1, -0.05) is 30.3 Å². The number of aromatic nitrogens is 1. The molecule has 4 heteroatoms. The second kappa shape index (κ2) is 6.29. The summed E-state index contributed by atoms with van der Waals surface area (Å²) >= 11 is 1.83. The molecule has 0 aliphatic carbocycles. The van der Waals surface area contributed by atoms with Crippen LogP contribution in [0.15, 0.2) is 47.6 Å². The highest BCUT2D eigenvalue weighted by Gasteiger charge is 2.16. The Labute approximate surface area is 124 Å². The quantitative estimate of drug-likeness (QED) is 0.865. The maximum atomic E-state index is 5.28. The van der Waals surface area contributed by atoms with Crippen LogP contribution in [0.1, 0.15) is 11.1 Å². The van der Waals surface area contributed by atoms with Gasteiger partial charge in [0.15, 0.2) is 0 Å². The molecule has 0 saturated heterocycles. The molecule has 0 unspecified atom stereocenters. The van der Waals surface area contributed by atoms with E-state index in [1.54, 1.807) is 13.3 Å². The van der Waals surface area contributed by atoms with E-state index in [1.165, 1.54) is 11.1 Å². The lowest BCUT2D eigenvalue weighted by Crippen LogP contribution is -2.24. The molecule has 0 atom stereocenters. The number of hydrogen-bond donors (Lipinski definition) is 0. The van der Waals surface area contributed by atoms with Crippen LogP contribution in [0.4, 0.5) is 0 Å². The van der Waals surface area contributed by atoms with Crippen molar-refractivity contribution >= 4 is 11.8 Å². The summed E-state index contributed by atoms with van der Waals surface area (Å²) in [6, 6.07) is 12.7. The van der Waals surface area contributed by atoms with Crippen molar-refractivity contribution in [1.29, 1.82) is 0 Å². The summed E-state index contributed by atoms with van der Waals surface area (Å²) in [6.45, 7) is 3.00. The smallest absolute Gasteiger partial charge is 0.137 e. The minimum atomic E-state index is 0.839. The van der Waals surface area contributed by atoms with Crippen molar-refractivity contribution in [3.8, 4) is 5.75 Å². The first kappa shape index (κ1) is 13.5. The van der Waals surface area contributed by atoms with Crippen LogP contribution >= 0.6 is 11.8 Å². The molecule has 104 valence electrons. The molecule has 2 aromatic rings. The molecule has 3 rings (SSSR count). The van der Waals surface area contributed by atoms with E-state index >= 15 is 0 Å². The van der Waals surface area contributed by atoms with Crippen LogP contribution in [0.3, 0.4) is 0 Å². The molecule has 1 aliphatic heterocycles. The normalized spacial score (nSPS) is 15.4. The summed E-state index contributed by atoms with van der Waals surface area (Å²) in [5, 5.41) is 1.14. The van der Waals surface area contributed by atoms with Gasteiger partial charge in [-0.2, -0.15) is 0 Å². The van der Waals surface area contributed by atoms with Gasteiger partial charge in [0.05, 0.1) is 13.3 Å². The molecule has 1 aliphatic rings. The minimum absolute atomic E-state index is 0.839. The van der Waals surface area contributed by atoms with Crippen molar-refractivity contribution in [2.45, 2.75) is 18.1 Å². The average molecular weight is 286 g/mol. The van der Waals surface area contributed by atoms with Gasteiger partial charge in [-0.25, -0.2) is 4.98 Å². The Hall–Kier alpha value is -1.52. The fourth-order valence-electron chi connectivity index (χ4n) is 2.40. The zero-order valence-electron chi connectivity index (χ0n) is 11.6. The molecular weight excluding hydrogens is 268 g/mol. The SMILES string of the molecule is COc1cnc2c(c1)CN(Cc1ccccc1)CCS2. The fourth-order valence-corrected chi connectivity index (χ4v) is 3.38. The van der Waals surface area contributed by atoms with Crippen LogP contribution in [0.5, 0.6) is 5.75 Å². The molecule has 0 spiro atoms. The van der Waals surface area contributed by atoms with Crippen LogP contribution in [0.25, 0.3) is 0 Å². The Bertz CT molecular complexity index is 574. The molecule has 0 radical (unpaired) electrons. The second-order valence-corrected chi connectivity index (χ2v) is 5.97. The Morgan fingerprint density at radius 3 is 2.95 bits per heavy atom. The second-order valence-electron chi connectivity index (χ2n) is 4.88. The molecule has 0 saturated carbocycles. The molecule has 1 aromatic heterocycles. The monoisotopic (exact) mass is 286 g/mol. The first-order valence-corrected chi connectivity index (χ1v) is 7.76. The van der Waals surface area contributed by atoms with Crippen molar-refractivity contribution in [3.63, 3.8) is 0 Å². The van der Waals surface area contributed by atoms with Gasteiger partial charge in [0.2, 0.25) is 0 Å². The van der Waals surface area contributed by atoms with Gasteiger partial charge in [-0.3, -0.25) is 4.90 Å². The highest BCUT2D eigenvalue weighted by molar-refractivity contribution is 7.99. The number of pyridine rings is 1. The van der Waals surface area contributed by atoms with Gasteiger partial charge in [0.25, 0.3) is 0 Å². The Morgan fingerprint density at radius 1 is 1.30 bits per heavy atom. The van der Waals surface area contributed by atoms with Crippen molar-refractivity contribution < 1.29 is 4.74 Å². The zero-order valence-corrected chi connectivity index (χ0v) is 12.4. The Balaban J connectivity index is 1.78. The largest absolute Gasteiger partial charge is 0.495 e. The minimum Gasteiger partial charge on any atom is -0.495 e. The lowest BCUT2D eigenvalue weighted by molar-refractivity contribution is 0.273. The van der Waals surface area contributed by atoms with Gasteiger partial charge in [-0.05, 0) is 11.6 Å². The standard InChI is InChI=1S/C16H18N2OS/c1-19-15-9-14-12-18(7-8-20-16(14)17-10-15)11-13-5-3-2-4-6-13/h2-6,9-10H,7-8,11-12H2,1H3. The maximum absolute atomic E-state index is 5.28. The molecular formula is C16H18N2OS. The highest BCUT2D eigenvalue weighted by atomic mass is 32.2. The first-order chi connectivity index (χ1) is 9.85. The molecule has 3 nitrogen and oxygen atoms in total. The van der Waals surface area contributed by atoms with Gasteiger partial charge in [0.1, 0.15) is 10.8 Å². The summed E-state index contributed by atoms with van der Waals surface area (Å²) in [5.74, 6) is 1.92. The number of nitrogens with zero attached hydrogens (tertiary/aromatic N) is 2. The summed E-state index contributed by atoms with van der Waals surface area (Å²) in [6.07, 6.45) is 1.80. The number of methoxy groups -OCH3 is 1. The van der Waals surface area contributed by atoms with Crippen LogP contribution in [-0.4, -0.2) is 29.3 Å². The van der Waals surface area contributed by atoms with E-state index in [1.807, 2.05) is 11.8 Å². The summed E-state index contributed by atoms with van der Waals surface area (Å²) in [7, 11) is 1.69. The lowest BCUT2D eigenvalue weighted by Gasteiger charge is -2.20. The third-order valence-corrected chi connectivity index (χ3v) is 4.45. The highest BCUT2D eigenvalue weighted by Crippen LogP contribution is 2.28. The molecule has 1 aromatic carbocycles. The Morgan fingerprint density at radius 2 is 2.15 bits per heavy atom. The van der Waals surface area contributed by atoms with Crippen LogP contribution in [0.2, 0.25) is 0 Å². The van der Waals surface area contributed by atoms with E-state index in [0.717, 1.165) is 36.2 Å². The van der Waals surface area contributed by atoms with Crippen LogP contribution < -0.4 is 4.74 Å². The number of benzene rings is 1. The molecule has 20 heavy (non-hydrogen) atoms. The predicted molar refractivity (Wildman–Crippen MR) is 82.1 cm³/mol. The third-order valence-electron chi connectivity index (χ3n) is 3.43. The van der Waals surface area contributed by atoms with E-state index in [0.29, 0.717) is 0 Å². The number of rotatable bonds is 3. The number of fused-ring (bicyclic) bond motifs is 1. The molecule has 2 heterocycles. The van der Waals surface area contributed by atoms with Gasteiger partial charge < -0.3 is 4.74 Å². The molecule has 0 bridgehead atoms. The van der Waals surface area contributed by atoms with Gasteiger partial charge in [0, 0.05) is 31.0 Å². The summed E-state index contributed by atoms with van der Waals surface area (Å²) < 4.78 is 5.28. The van der Waals surface area contributed by atoms with Crippen LogP contribution in [0, 0.1) is 0 Å². The van der Waals surface area contributed by atoms with Crippen molar-refractivity contribution in [2.24, 2.45) is 0 Å². The molecule has 0 amide bonds. The summed E-state index contributed by atoms with van der Waals surface area (Å²) in [5.41, 5.74) is 2.62. The number of thioether (sulfide) groups is 1. The fraction of sp³-hybridized carbons (Fsp3) is 0.312. The lowest BCUT2D eigenvalue weighted by atomic mass is 10.2.